The number of aromatic hydroxyl groups is 1. The Balaban J connectivity index is 1.91. The number of alkyl halides is 3. The molecule has 1 aliphatic rings. The molecule has 1 aliphatic carbocycles. The summed E-state index contributed by atoms with van der Waals surface area (Å²) in [6.07, 6.45) is -4.93. The summed E-state index contributed by atoms with van der Waals surface area (Å²) in [4.78, 5) is 8.08. The number of aromatic nitrogens is 2. The van der Waals surface area contributed by atoms with E-state index < -0.39 is 41.6 Å². The fraction of sp³-hybridized carbons (Fsp3) is 0.300. The lowest BCUT2D eigenvalue weighted by molar-refractivity contribution is -0.270. The molecule has 5 nitrogen and oxygen atoms in total. The number of nitrogens with one attached hydrogen (secondary N) is 1. The van der Waals surface area contributed by atoms with Crippen LogP contribution in [0.4, 0.5) is 27.6 Å². The van der Waals surface area contributed by atoms with Gasteiger partial charge in [-0.1, -0.05) is 6.07 Å². The van der Waals surface area contributed by atoms with E-state index in [0.717, 1.165) is 24.3 Å². The molecule has 4 rings (SSSR count). The van der Waals surface area contributed by atoms with E-state index in [9.17, 15) is 32.2 Å². The van der Waals surface area contributed by atoms with Crippen LogP contribution in [-0.4, -0.2) is 32.0 Å². The van der Waals surface area contributed by atoms with E-state index in [2.05, 4.69) is 15.3 Å². The van der Waals surface area contributed by atoms with E-state index in [-0.39, 0.29) is 34.1 Å². The van der Waals surface area contributed by atoms with Gasteiger partial charge < -0.3 is 15.5 Å². The number of aryl methyl sites for hydroxylation is 1. The van der Waals surface area contributed by atoms with Crippen molar-refractivity contribution < 1.29 is 32.2 Å². The molecule has 0 fully saturated rings. The number of phenols is 1. The largest absolute Gasteiger partial charge is 0.505 e. The minimum absolute atomic E-state index is 0.0470. The van der Waals surface area contributed by atoms with Crippen LogP contribution in [0.15, 0.2) is 30.5 Å². The normalized spacial score (nSPS) is 21.5. The van der Waals surface area contributed by atoms with Gasteiger partial charge in [-0.3, -0.25) is 0 Å². The molecular weight excluding hydrogens is 409 g/mol. The Hall–Kier alpha value is -3.01. The van der Waals surface area contributed by atoms with Gasteiger partial charge in [-0.2, -0.15) is 13.2 Å². The summed E-state index contributed by atoms with van der Waals surface area (Å²) in [6.45, 7) is 1.58. The lowest BCUT2D eigenvalue weighted by Gasteiger charge is -2.43. The lowest BCUT2D eigenvalue weighted by Crippen LogP contribution is -2.54. The van der Waals surface area contributed by atoms with Crippen LogP contribution in [0.3, 0.4) is 0 Å². The molecule has 10 heteroatoms. The number of halogens is 5. The second kappa shape index (κ2) is 6.76. The van der Waals surface area contributed by atoms with Crippen molar-refractivity contribution in [1.82, 2.24) is 9.97 Å². The Kier molecular flexibility index (Phi) is 4.57. The number of hydrogen-bond acceptors (Lipinski definition) is 5. The highest BCUT2D eigenvalue weighted by molar-refractivity contribution is 5.91. The summed E-state index contributed by atoms with van der Waals surface area (Å²) in [6, 6.07) is 2.14. The zero-order valence-electron chi connectivity index (χ0n) is 15.6. The maximum Gasteiger partial charge on any atom is 0.419 e. The number of fused-ring (bicyclic) bond motifs is 2. The van der Waals surface area contributed by atoms with Crippen LogP contribution >= 0.6 is 0 Å². The van der Waals surface area contributed by atoms with Crippen molar-refractivity contribution in [3.63, 3.8) is 0 Å². The molecule has 2 unspecified atom stereocenters. The highest BCUT2D eigenvalue weighted by Crippen LogP contribution is 2.50. The predicted octanol–water partition coefficient (Wildman–Crippen LogP) is 4.31. The number of anilines is 1. The topological polar surface area (TPSA) is 78.3 Å². The summed E-state index contributed by atoms with van der Waals surface area (Å²) in [5, 5.41) is 23.4. The molecule has 0 radical (unpaired) electrons. The van der Waals surface area contributed by atoms with Crippen molar-refractivity contribution in [2.45, 2.75) is 37.6 Å². The summed E-state index contributed by atoms with van der Waals surface area (Å²) in [7, 11) is 0. The van der Waals surface area contributed by atoms with Crippen LogP contribution in [0.5, 0.6) is 5.75 Å². The first-order valence-electron chi connectivity index (χ1n) is 9.00. The zero-order chi connectivity index (χ0) is 21.8. The van der Waals surface area contributed by atoms with Gasteiger partial charge in [-0.25, -0.2) is 18.7 Å². The first-order valence-corrected chi connectivity index (χ1v) is 9.00. The second-order valence-electron chi connectivity index (χ2n) is 7.27. The van der Waals surface area contributed by atoms with E-state index in [1.165, 1.54) is 6.20 Å². The smallest absolute Gasteiger partial charge is 0.419 e. The van der Waals surface area contributed by atoms with E-state index >= 15 is 0 Å². The minimum Gasteiger partial charge on any atom is -0.505 e. The fourth-order valence-corrected chi connectivity index (χ4v) is 3.84. The maximum absolute atomic E-state index is 14.1. The molecule has 0 amide bonds. The molecule has 158 valence electrons. The first-order chi connectivity index (χ1) is 14.0. The van der Waals surface area contributed by atoms with E-state index in [1.54, 1.807) is 6.92 Å². The van der Waals surface area contributed by atoms with Gasteiger partial charge in [0.2, 0.25) is 0 Å². The summed E-state index contributed by atoms with van der Waals surface area (Å²) in [5.41, 5.74) is -3.33. The van der Waals surface area contributed by atoms with Crippen molar-refractivity contribution in [3.8, 4) is 5.75 Å². The number of hydrogen-bond donors (Lipinski definition) is 3. The molecule has 0 spiro atoms. The molecule has 2 atom stereocenters. The monoisotopic (exact) mass is 425 g/mol. The molecule has 1 heterocycles. The van der Waals surface area contributed by atoms with Crippen molar-refractivity contribution in [3.05, 3.63) is 59.0 Å². The van der Waals surface area contributed by atoms with Crippen LogP contribution in [0, 0.1) is 18.6 Å². The van der Waals surface area contributed by atoms with Crippen LogP contribution in [0.25, 0.3) is 10.9 Å². The lowest BCUT2D eigenvalue weighted by atomic mass is 9.75. The fourth-order valence-electron chi connectivity index (χ4n) is 3.84. The van der Waals surface area contributed by atoms with E-state index in [4.69, 9.17) is 0 Å². The molecule has 30 heavy (non-hydrogen) atoms. The molecule has 3 N–H and O–H groups in total. The van der Waals surface area contributed by atoms with E-state index in [0.29, 0.717) is 5.82 Å². The number of benzene rings is 2. The van der Waals surface area contributed by atoms with Gasteiger partial charge in [0.05, 0.1) is 11.6 Å². The van der Waals surface area contributed by atoms with Gasteiger partial charge in [0.1, 0.15) is 11.6 Å². The standard InChI is InChI=1S/C20H16F5N3O2/c1-9-26-8-13-15(27-9)6-10(21)7-16(13)28-18-12-2-3-14(22)17(29)11(12)4-5-19(18,30)20(23,24)25/h2-3,6-8,18,28-30H,4-5H2,1H3. The molecule has 0 saturated heterocycles. The number of aliphatic hydroxyl groups is 1. The molecule has 1 aromatic heterocycles. The Morgan fingerprint density at radius 3 is 2.63 bits per heavy atom. The summed E-state index contributed by atoms with van der Waals surface area (Å²) < 4.78 is 69.5. The third kappa shape index (κ3) is 3.11. The van der Waals surface area contributed by atoms with Crippen molar-refractivity contribution in [2.24, 2.45) is 0 Å². The Morgan fingerprint density at radius 2 is 1.93 bits per heavy atom. The Labute approximate surface area is 167 Å². The van der Waals surface area contributed by atoms with E-state index in [1.807, 2.05) is 0 Å². The third-order valence-electron chi connectivity index (χ3n) is 5.39. The molecular formula is C20H16F5N3O2. The van der Waals surface area contributed by atoms with Gasteiger partial charge in [-0.15, -0.1) is 0 Å². The average molecular weight is 425 g/mol. The van der Waals surface area contributed by atoms with Gasteiger partial charge in [0, 0.05) is 28.9 Å². The summed E-state index contributed by atoms with van der Waals surface area (Å²) in [5.74, 6) is -2.16. The highest BCUT2D eigenvalue weighted by Gasteiger charge is 2.60. The quantitative estimate of drug-likeness (QED) is 0.534. The summed E-state index contributed by atoms with van der Waals surface area (Å²) >= 11 is 0. The highest BCUT2D eigenvalue weighted by atomic mass is 19.4. The SMILES string of the molecule is Cc1ncc2c(NC3c4ccc(F)c(O)c4CCC3(O)C(F)(F)F)cc(F)cc2n1. The van der Waals surface area contributed by atoms with Crippen LogP contribution < -0.4 is 5.32 Å². The number of nitrogens with zero attached hydrogens (tertiary/aromatic N) is 2. The zero-order valence-corrected chi connectivity index (χ0v) is 15.6. The van der Waals surface area contributed by atoms with Crippen molar-refractivity contribution >= 4 is 16.6 Å². The van der Waals surface area contributed by atoms with Crippen molar-refractivity contribution in [1.29, 1.82) is 0 Å². The van der Waals surface area contributed by atoms with Crippen LogP contribution in [-0.2, 0) is 6.42 Å². The number of phenolic OH excluding ortho intramolecular Hbond substituents is 1. The average Bonchev–Trinajstić information content (AvgIpc) is 2.65. The van der Waals surface area contributed by atoms with Gasteiger partial charge in [0.15, 0.2) is 17.2 Å². The molecule has 0 aliphatic heterocycles. The second-order valence-corrected chi connectivity index (χ2v) is 7.27. The molecule has 0 saturated carbocycles. The molecule has 3 aromatic rings. The first kappa shape index (κ1) is 20.3. The van der Waals surface area contributed by atoms with Crippen molar-refractivity contribution in [2.75, 3.05) is 5.32 Å². The third-order valence-corrected chi connectivity index (χ3v) is 5.39. The molecule has 0 bridgehead atoms. The minimum atomic E-state index is -5.05. The van der Waals surface area contributed by atoms with Gasteiger partial charge in [-0.05, 0) is 37.5 Å². The Morgan fingerprint density at radius 1 is 1.20 bits per heavy atom. The molecule has 2 aromatic carbocycles. The maximum atomic E-state index is 14.1. The predicted molar refractivity (Wildman–Crippen MR) is 98.0 cm³/mol. The number of rotatable bonds is 2. The van der Waals surface area contributed by atoms with Crippen LogP contribution in [0.2, 0.25) is 0 Å². The van der Waals surface area contributed by atoms with Gasteiger partial charge in [0.25, 0.3) is 0 Å². The van der Waals surface area contributed by atoms with Crippen LogP contribution in [0.1, 0.15) is 29.4 Å². The Bertz CT molecular complexity index is 1150. The van der Waals surface area contributed by atoms with Gasteiger partial charge >= 0.3 is 6.18 Å².